The van der Waals surface area contributed by atoms with E-state index in [9.17, 15) is 9.59 Å². The molecule has 5 heteroatoms. The third-order valence-corrected chi connectivity index (χ3v) is 4.12. The first-order valence-corrected chi connectivity index (χ1v) is 7.51. The Bertz CT molecular complexity index is 637. The minimum Gasteiger partial charge on any atom is -0.463 e. The van der Waals surface area contributed by atoms with E-state index in [0.717, 1.165) is 5.56 Å². The van der Waals surface area contributed by atoms with Gasteiger partial charge in [0.25, 0.3) is 0 Å². The summed E-state index contributed by atoms with van der Waals surface area (Å²) in [7, 11) is 0. The number of hydrazine groups is 1. The number of esters is 1. The molecule has 1 saturated heterocycles. The summed E-state index contributed by atoms with van der Waals surface area (Å²) in [6.07, 6.45) is 2.07. The zero-order chi connectivity index (χ0) is 15.9. The molecule has 22 heavy (non-hydrogen) atoms. The number of ether oxygens (including phenoxy) is 1. The number of benzene rings is 1. The third-order valence-electron chi connectivity index (χ3n) is 4.12. The first-order chi connectivity index (χ1) is 10.5. The van der Waals surface area contributed by atoms with E-state index >= 15 is 0 Å². The zero-order valence-corrected chi connectivity index (χ0v) is 13.1. The summed E-state index contributed by atoms with van der Waals surface area (Å²) in [5.41, 5.74) is 1.14. The number of amides is 1. The van der Waals surface area contributed by atoms with E-state index in [0.29, 0.717) is 18.6 Å². The Morgan fingerprint density at radius 1 is 1.32 bits per heavy atom. The van der Waals surface area contributed by atoms with E-state index in [4.69, 9.17) is 4.74 Å². The van der Waals surface area contributed by atoms with Crippen molar-refractivity contribution in [3.63, 3.8) is 0 Å². The second kappa shape index (κ2) is 5.25. The van der Waals surface area contributed by atoms with E-state index < -0.39 is 0 Å². The van der Waals surface area contributed by atoms with Gasteiger partial charge in [0.1, 0.15) is 0 Å². The monoisotopic (exact) mass is 300 g/mol. The molecule has 0 radical (unpaired) electrons. The number of hydrogen-bond donors (Lipinski definition) is 0. The van der Waals surface area contributed by atoms with Crippen LogP contribution >= 0.6 is 0 Å². The van der Waals surface area contributed by atoms with Gasteiger partial charge in [0.15, 0.2) is 0 Å². The van der Waals surface area contributed by atoms with E-state index in [2.05, 4.69) is 0 Å². The molecule has 0 spiro atoms. The summed E-state index contributed by atoms with van der Waals surface area (Å²) in [6.45, 7) is 6.13. The average molecular weight is 300 g/mol. The first-order valence-electron chi connectivity index (χ1n) is 7.51. The van der Waals surface area contributed by atoms with Crippen LogP contribution in [0.4, 0.5) is 0 Å². The van der Waals surface area contributed by atoms with Crippen molar-refractivity contribution < 1.29 is 14.3 Å². The second-order valence-electron chi connectivity index (χ2n) is 6.19. The van der Waals surface area contributed by atoms with Gasteiger partial charge in [0.05, 0.1) is 18.2 Å². The Morgan fingerprint density at radius 2 is 2.00 bits per heavy atom. The van der Waals surface area contributed by atoms with Gasteiger partial charge in [0.2, 0.25) is 5.91 Å². The van der Waals surface area contributed by atoms with E-state index in [1.807, 2.05) is 49.2 Å². The number of nitrogens with zero attached hydrogens (tertiary/aromatic N) is 2. The van der Waals surface area contributed by atoms with Gasteiger partial charge >= 0.3 is 5.97 Å². The molecule has 1 unspecified atom stereocenters. The van der Waals surface area contributed by atoms with Gasteiger partial charge in [-0.1, -0.05) is 30.3 Å². The highest BCUT2D eigenvalue weighted by Gasteiger charge is 2.53. The van der Waals surface area contributed by atoms with Crippen LogP contribution in [0.25, 0.3) is 0 Å². The molecule has 0 aliphatic carbocycles. The summed E-state index contributed by atoms with van der Waals surface area (Å²) < 4.78 is 5.17. The molecule has 1 aromatic rings. The number of fused-ring (bicyclic) bond motifs is 1. The van der Waals surface area contributed by atoms with Crippen LogP contribution in [0.5, 0.6) is 0 Å². The van der Waals surface area contributed by atoms with Gasteiger partial charge in [-0.25, -0.2) is 9.80 Å². The highest BCUT2D eigenvalue weighted by molar-refractivity contribution is 5.93. The lowest BCUT2D eigenvalue weighted by Crippen LogP contribution is -2.44. The summed E-state index contributed by atoms with van der Waals surface area (Å²) >= 11 is 0. The molecule has 0 aromatic heterocycles. The average Bonchev–Trinajstić information content (AvgIpc) is 2.98. The number of carbonyl (C=O) groups excluding carboxylic acids is 2. The maximum atomic E-state index is 12.3. The normalized spacial score (nSPS) is 23.4. The Labute approximate surface area is 130 Å². The molecule has 2 aliphatic heterocycles. The molecule has 2 aliphatic rings. The number of hydrogen-bond acceptors (Lipinski definition) is 4. The van der Waals surface area contributed by atoms with Crippen molar-refractivity contribution in [2.45, 2.75) is 38.8 Å². The lowest BCUT2D eigenvalue weighted by molar-refractivity contribution is -0.140. The van der Waals surface area contributed by atoms with Crippen LogP contribution in [-0.4, -0.2) is 34.0 Å². The van der Waals surface area contributed by atoms with Crippen molar-refractivity contribution in [1.29, 1.82) is 0 Å². The highest BCUT2D eigenvalue weighted by atomic mass is 16.5. The van der Waals surface area contributed by atoms with Gasteiger partial charge in [-0.3, -0.25) is 4.79 Å². The van der Waals surface area contributed by atoms with Crippen molar-refractivity contribution in [2.24, 2.45) is 0 Å². The molecule has 2 heterocycles. The van der Waals surface area contributed by atoms with Gasteiger partial charge in [-0.15, -0.1) is 0 Å². The predicted molar refractivity (Wildman–Crippen MR) is 81.3 cm³/mol. The Balaban J connectivity index is 2.07. The number of carbonyl (C=O) groups is 2. The summed E-state index contributed by atoms with van der Waals surface area (Å²) in [5, 5.41) is 3.56. The molecule has 5 nitrogen and oxygen atoms in total. The minimum atomic E-state index is -0.366. The van der Waals surface area contributed by atoms with Gasteiger partial charge < -0.3 is 4.74 Å². The van der Waals surface area contributed by atoms with Gasteiger partial charge in [0, 0.05) is 18.2 Å². The molecular formula is C17H20N2O3. The maximum Gasteiger partial charge on any atom is 0.337 e. The van der Waals surface area contributed by atoms with Crippen molar-refractivity contribution in [1.82, 2.24) is 10.0 Å². The van der Waals surface area contributed by atoms with Crippen LogP contribution < -0.4 is 0 Å². The van der Waals surface area contributed by atoms with Crippen molar-refractivity contribution in [3.8, 4) is 0 Å². The van der Waals surface area contributed by atoms with E-state index in [1.165, 1.54) is 0 Å². The molecule has 1 amide bonds. The Kier molecular flexibility index (Phi) is 3.53. The molecule has 1 aromatic carbocycles. The van der Waals surface area contributed by atoms with Crippen LogP contribution in [0.15, 0.2) is 42.1 Å². The van der Waals surface area contributed by atoms with Gasteiger partial charge in [-0.2, -0.15) is 5.01 Å². The lowest BCUT2D eigenvalue weighted by Gasteiger charge is -2.36. The third kappa shape index (κ3) is 2.22. The second-order valence-corrected chi connectivity index (χ2v) is 6.19. The molecule has 0 bridgehead atoms. The largest absolute Gasteiger partial charge is 0.463 e. The van der Waals surface area contributed by atoms with Crippen LogP contribution in [0.3, 0.4) is 0 Å². The van der Waals surface area contributed by atoms with Crippen molar-refractivity contribution >= 4 is 11.9 Å². The SMILES string of the molecule is CCOC(=O)C1=CN2C(=O)CC(C)(C)N2C1c1ccccc1. The smallest absolute Gasteiger partial charge is 0.337 e. The fourth-order valence-electron chi connectivity index (χ4n) is 3.22. The predicted octanol–water partition coefficient (Wildman–Crippen LogP) is 2.42. The quantitative estimate of drug-likeness (QED) is 0.804. The molecule has 0 N–H and O–H groups in total. The molecule has 3 rings (SSSR count). The molecule has 1 fully saturated rings. The Hall–Kier alpha value is -2.14. The molecule has 0 saturated carbocycles. The standard InChI is InChI=1S/C17H20N2O3/c1-4-22-16(21)13-11-18-14(20)10-17(2,3)19(18)15(13)12-8-6-5-7-9-12/h5-9,11,15H,4,10H2,1-3H3. The van der Waals surface area contributed by atoms with Crippen LogP contribution in [0.2, 0.25) is 0 Å². The van der Waals surface area contributed by atoms with Crippen LogP contribution in [0.1, 0.15) is 38.8 Å². The summed E-state index contributed by atoms with van der Waals surface area (Å²) in [4.78, 5) is 24.6. The molecule has 116 valence electrons. The fraction of sp³-hybridized carbons (Fsp3) is 0.412. The fourth-order valence-corrected chi connectivity index (χ4v) is 3.22. The first kappa shape index (κ1) is 14.8. The number of rotatable bonds is 3. The van der Waals surface area contributed by atoms with Crippen LogP contribution in [-0.2, 0) is 14.3 Å². The molecule has 1 atom stereocenters. The minimum absolute atomic E-state index is 0.00484. The van der Waals surface area contributed by atoms with Crippen molar-refractivity contribution in [2.75, 3.05) is 6.61 Å². The van der Waals surface area contributed by atoms with Crippen LogP contribution in [0, 0.1) is 0 Å². The van der Waals surface area contributed by atoms with Crippen molar-refractivity contribution in [3.05, 3.63) is 47.7 Å². The lowest BCUT2D eigenvalue weighted by atomic mass is 9.93. The molecular weight excluding hydrogens is 280 g/mol. The summed E-state index contributed by atoms with van der Waals surface area (Å²) in [6, 6.07) is 9.46. The van der Waals surface area contributed by atoms with E-state index in [-0.39, 0.29) is 23.5 Å². The van der Waals surface area contributed by atoms with Gasteiger partial charge in [-0.05, 0) is 26.3 Å². The zero-order valence-electron chi connectivity index (χ0n) is 13.1. The summed E-state index contributed by atoms with van der Waals surface area (Å²) in [5.74, 6) is -0.361. The highest BCUT2D eigenvalue weighted by Crippen LogP contribution is 2.46. The maximum absolute atomic E-state index is 12.3. The Morgan fingerprint density at radius 3 is 2.64 bits per heavy atom. The van der Waals surface area contributed by atoms with E-state index in [1.54, 1.807) is 18.1 Å². The topological polar surface area (TPSA) is 49.9 Å².